The molecule has 0 saturated carbocycles. The minimum Gasteiger partial charge on any atom is -0.407 e. The second kappa shape index (κ2) is 5.46. The first-order chi connectivity index (χ1) is 8.86. The molecule has 19 heavy (non-hydrogen) atoms. The van der Waals surface area contributed by atoms with Crippen LogP contribution in [-0.2, 0) is 11.3 Å². The van der Waals surface area contributed by atoms with E-state index in [4.69, 9.17) is 9.15 Å². The highest BCUT2D eigenvalue weighted by Crippen LogP contribution is 2.23. The molecule has 1 saturated heterocycles. The maximum absolute atomic E-state index is 5.60. The van der Waals surface area contributed by atoms with Crippen molar-refractivity contribution in [3.8, 4) is 0 Å². The van der Waals surface area contributed by atoms with Gasteiger partial charge in [-0.1, -0.05) is 5.10 Å². The number of nitrogens with one attached hydrogen (secondary N) is 2. The molecule has 1 atom stereocenters. The maximum atomic E-state index is 5.60. The third-order valence-electron chi connectivity index (χ3n) is 3.08. The quantitative estimate of drug-likeness (QED) is 0.869. The molecule has 1 aromatic heterocycles. The van der Waals surface area contributed by atoms with Crippen molar-refractivity contribution < 1.29 is 9.15 Å². The third kappa shape index (κ3) is 4.47. The summed E-state index contributed by atoms with van der Waals surface area (Å²) in [4.78, 5) is 0. The van der Waals surface area contributed by atoms with E-state index >= 15 is 0 Å². The standard InChI is InChI=1S/C13H24N4O2/c1-12(2,3)14-8-10-16-17-11(19-10)15-13(4)6-5-7-18-9-13/h14H,5-9H2,1-4H3,(H,15,17). The lowest BCUT2D eigenvalue weighted by molar-refractivity contribution is 0.0530. The summed E-state index contributed by atoms with van der Waals surface area (Å²) in [5.74, 6) is 0.595. The first-order valence-electron chi connectivity index (χ1n) is 6.80. The summed E-state index contributed by atoms with van der Waals surface area (Å²) in [6, 6.07) is 0.471. The van der Waals surface area contributed by atoms with Gasteiger partial charge in [-0.3, -0.25) is 0 Å². The summed E-state index contributed by atoms with van der Waals surface area (Å²) >= 11 is 0. The molecule has 6 nitrogen and oxygen atoms in total. The molecule has 0 radical (unpaired) electrons. The Morgan fingerprint density at radius 1 is 1.32 bits per heavy atom. The zero-order valence-corrected chi connectivity index (χ0v) is 12.2. The van der Waals surface area contributed by atoms with Gasteiger partial charge in [-0.15, -0.1) is 5.10 Å². The van der Waals surface area contributed by atoms with Crippen LogP contribution in [0, 0.1) is 0 Å². The lowest BCUT2D eigenvalue weighted by atomic mass is 9.95. The predicted octanol–water partition coefficient (Wildman–Crippen LogP) is 1.94. The zero-order chi connectivity index (χ0) is 13.9. The van der Waals surface area contributed by atoms with Crippen LogP contribution in [0.15, 0.2) is 4.42 Å². The van der Waals surface area contributed by atoms with Gasteiger partial charge in [0.25, 0.3) is 0 Å². The van der Waals surface area contributed by atoms with Crippen molar-refractivity contribution in [2.45, 2.75) is 58.2 Å². The fourth-order valence-electron chi connectivity index (χ4n) is 2.01. The Labute approximate surface area is 114 Å². The Morgan fingerprint density at radius 2 is 2.11 bits per heavy atom. The number of ether oxygens (including phenoxy) is 1. The van der Waals surface area contributed by atoms with E-state index in [2.05, 4.69) is 48.5 Å². The van der Waals surface area contributed by atoms with Gasteiger partial charge < -0.3 is 19.8 Å². The van der Waals surface area contributed by atoms with Crippen LogP contribution in [0.4, 0.5) is 6.01 Å². The van der Waals surface area contributed by atoms with Gasteiger partial charge in [-0.25, -0.2) is 0 Å². The Balaban J connectivity index is 1.90. The second-order valence-electron chi connectivity index (χ2n) is 6.45. The molecular formula is C13H24N4O2. The van der Waals surface area contributed by atoms with Gasteiger partial charge in [0.2, 0.25) is 5.89 Å². The first-order valence-corrected chi connectivity index (χ1v) is 6.80. The topological polar surface area (TPSA) is 72.2 Å². The van der Waals surface area contributed by atoms with Gasteiger partial charge in [-0.05, 0) is 40.5 Å². The molecule has 0 aromatic carbocycles. The molecule has 0 aliphatic carbocycles. The zero-order valence-electron chi connectivity index (χ0n) is 12.2. The molecular weight excluding hydrogens is 244 g/mol. The van der Waals surface area contributed by atoms with E-state index < -0.39 is 0 Å². The summed E-state index contributed by atoms with van der Waals surface area (Å²) < 4.78 is 11.1. The summed E-state index contributed by atoms with van der Waals surface area (Å²) in [7, 11) is 0. The van der Waals surface area contributed by atoms with Crippen LogP contribution in [-0.4, -0.2) is 34.5 Å². The summed E-state index contributed by atoms with van der Waals surface area (Å²) in [6.07, 6.45) is 2.10. The van der Waals surface area contributed by atoms with E-state index in [9.17, 15) is 0 Å². The van der Waals surface area contributed by atoms with Crippen molar-refractivity contribution in [1.82, 2.24) is 15.5 Å². The monoisotopic (exact) mass is 268 g/mol. The molecule has 2 N–H and O–H groups in total. The molecule has 1 aliphatic heterocycles. The molecule has 0 spiro atoms. The molecule has 1 aliphatic rings. The van der Waals surface area contributed by atoms with E-state index in [1.807, 2.05) is 0 Å². The molecule has 6 heteroatoms. The highest BCUT2D eigenvalue weighted by molar-refractivity contribution is 5.24. The van der Waals surface area contributed by atoms with Crippen molar-refractivity contribution in [2.24, 2.45) is 0 Å². The number of hydrogen-bond acceptors (Lipinski definition) is 6. The van der Waals surface area contributed by atoms with Crippen molar-refractivity contribution >= 4 is 6.01 Å². The molecule has 1 fully saturated rings. The molecule has 2 heterocycles. The average Bonchev–Trinajstić information content (AvgIpc) is 2.73. The van der Waals surface area contributed by atoms with Crippen LogP contribution in [0.25, 0.3) is 0 Å². The number of rotatable bonds is 4. The fraction of sp³-hybridized carbons (Fsp3) is 0.846. The van der Waals surface area contributed by atoms with Gasteiger partial charge in [0, 0.05) is 12.1 Å². The Bertz CT molecular complexity index is 405. The summed E-state index contributed by atoms with van der Waals surface area (Å²) in [5, 5.41) is 14.7. The minimum absolute atomic E-state index is 0.0330. The Kier molecular flexibility index (Phi) is 4.10. The normalized spacial score (nSPS) is 24.4. The van der Waals surface area contributed by atoms with E-state index in [0.29, 0.717) is 25.1 Å². The van der Waals surface area contributed by atoms with Crippen molar-refractivity contribution in [3.63, 3.8) is 0 Å². The third-order valence-corrected chi connectivity index (χ3v) is 3.08. The molecule has 1 aromatic rings. The molecule has 1 unspecified atom stereocenters. The van der Waals surface area contributed by atoms with E-state index in [1.165, 1.54) is 0 Å². The SMILES string of the molecule is CC(C)(C)NCc1nnc(NC2(C)CCCOC2)o1. The summed E-state index contributed by atoms with van der Waals surface area (Å²) in [6.45, 7) is 10.5. The van der Waals surface area contributed by atoms with Crippen LogP contribution in [0.5, 0.6) is 0 Å². The van der Waals surface area contributed by atoms with Gasteiger partial charge >= 0.3 is 6.01 Å². The lowest BCUT2D eigenvalue weighted by Crippen LogP contribution is -2.43. The van der Waals surface area contributed by atoms with Crippen LogP contribution in [0.2, 0.25) is 0 Å². The van der Waals surface area contributed by atoms with Crippen LogP contribution in [0.3, 0.4) is 0 Å². The molecule has 0 amide bonds. The van der Waals surface area contributed by atoms with E-state index in [-0.39, 0.29) is 11.1 Å². The van der Waals surface area contributed by atoms with Crippen LogP contribution < -0.4 is 10.6 Å². The van der Waals surface area contributed by atoms with Gasteiger partial charge in [0.05, 0.1) is 18.7 Å². The van der Waals surface area contributed by atoms with Crippen molar-refractivity contribution in [3.05, 3.63) is 5.89 Å². The van der Waals surface area contributed by atoms with Crippen LogP contribution in [0.1, 0.15) is 46.4 Å². The fourth-order valence-corrected chi connectivity index (χ4v) is 2.01. The lowest BCUT2D eigenvalue weighted by Gasteiger charge is -2.33. The smallest absolute Gasteiger partial charge is 0.316 e. The number of hydrogen-bond donors (Lipinski definition) is 2. The van der Waals surface area contributed by atoms with E-state index in [1.54, 1.807) is 0 Å². The van der Waals surface area contributed by atoms with Gasteiger partial charge in [0.1, 0.15) is 0 Å². The largest absolute Gasteiger partial charge is 0.407 e. The average molecular weight is 268 g/mol. The highest BCUT2D eigenvalue weighted by atomic mass is 16.5. The molecule has 0 bridgehead atoms. The van der Waals surface area contributed by atoms with Crippen LogP contribution >= 0.6 is 0 Å². The van der Waals surface area contributed by atoms with Crippen molar-refractivity contribution in [1.29, 1.82) is 0 Å². The highest BCUT2D eigenvalue weighted by Gasteiger charge is 2.29. The first kappa shape index (κ1) is 14.3. The number of anilines is 1. The number of aromatic nitrogens is 2. The Hall–Kier alpha value is -1.14. The molecule has 108 valence electrons. The minimum atomic E-state index is -0.112. The Morgan fingerprint density at radius 3 is 2.74 bits per heavy atom. The number of nitrogens with zero attached hydrogens (tertiary/aromatic N) is 2. The van der Waals surface area contributed by atoms with Gasteiger partial charge in [-0.2, -0.15) is 0 Å². The predicted molar refractivity (Wildman–Crippen MR) is 73.0 cm³/mol. The maximum Gasteiger partial charge on any atom is 0.316 e. The van der Waals surface area contributed by atoms with Gasteiger partial charge in [0.15, 0.2) is 0 Å². The second-order valence-corrected chi connectivity index (χ2v) is 6.45. The van der Waals surface area contributed by atoms with E-state index in [0.717, 1.165) is 19.4 Å². The summed E-state index contributed by atoms with van der Waals surface area (Å²) in [5.41, 5.74) is -0.0786. The molecule has 2 rings (SSSR count). The van der Waals surface area contributed by atoms with Crippen molar-refractivity contribution in [2.75, 3.05) is 18.5 Å².